The monoisotopic (exact) mass is 349 g/mol. The second-order valence-corrected chi connectivity index (χ2v) is 6.57. The van der Waals surface area contributed by atoms with Gasteiger partial charge in [0.15, 0.2) is 0 Å². The zero-order valence-corrected chi connectivity index (χ0v) is 14.3. The predicted molar refractivity (Wildman–Crippen MR) is 93.2 cm³/mol. The minimum absolute atomic E-state index is 0.192. The summed E-state index contributed by atoms with van der Waals surface area (Å²) in [6.45, 7) is 1.81. The summed E-state index contributed by atoms with van der Waals surface area (Å²) in [5.41, 5.74) is 0.718. The molecule has 6 heteroatoms. The number of halogens is 1. The quantitative estimate of drug-likeness (QED) is 0.647. The van der Waals surface area contributed by atoms with Crippen molar-refractivity contribution in [2.24, 2.45) is 0 Å². The van der Waals surface area contributed by atoms with Crippen LogP contribution in [0.2, 0.25) is 5.02 Å². The molecule has 120 valence electrons. The van der Waals surface area contributed by atoms with E-state index in [0.717, 1.165) is 4.90 Å². The minimum atomic E-state index is -0.483. The molecule has 1 N–H and O–H groups in total. The van der Waals surface area contributed by atoms with Gasteiger partial charge < -0.3 is 10.1 Å². The highest BCUT2D eigenvalue weighted by Gasteiger charge is 2.17. The molecule has 1 atom stereocenters. The number of esters is 1. The van der Waals surface area contributed by atoms with Gasteiger partial charge in [-0.15, -0.1) is 11.8 Å². The number of carbonyl (C=O) groups excluding carboxylic acids is 2. The topological polar surface area (TPSA) is 55.4 Å². The van der Waals surface area contributed by atoms with Gasteiger partial charge in [-0.05, 0) is 37.3 Å². The van der Waals surface area contributed by atoms with Crippen LogP contribution in [0.4, 0.5) is 5.69 Å². The van der Waals surface area contributed by atoms with Gasteiger partial charge in [0.1, 0.15) is 0 Å². The fraction of sp³-hybridized carbons (Fsp3) is 0.176. The number of anilines is 1. The van der Waals surface area contributed by atoms with Crippen molar-refractivity contribution in [3.05, 3.63) is 59.1 Å². The highest BCUT2D eigenvalue weighted by molar-refractivity contribution is 8.00. The van der Waals surface area contributed by atoms with E-state index in [1.165, 1.54) is 24.9 Å². The molecule has 2 aromatic rings. The summed E-state index contributed by atoms with van der Waals surface area (Å²) >= 11 is 7.52. The number of hydrogen-bond donors (Lipinski definition) is 1. The van der Waals surface area contributed by atoms with E-state index in [1.54, 1.807) is 12.1 Å². The Bertz CT molecular complexity index is 706. The lowest BCUT2D eigenvalue weighted by Crippen LogP contribution is -2.22. The first-order chi connectivity index (χ1) is 11.0. The average molecular weight is 350 g/mol. The van der Waals surface area contributed by atoms with E-state index in [0.29, 0.717) is 16.3 Å². The van der Waals surface area contributed by atoms with Crippen molar-refractivity contribution in [2.45, 2.75) is 17.1 Å². The molecule has 0 saturated carbocycles. The first-order valence-electron chi connectivity index (χ1n) is 6.91. The fourth-order valence-corrected chi connectivity index (χ4v) is 2.91. The van der Waals surface area contributed by atoms with Crippen LogP contribution in [0.3, 0.4) is 0 Å². The second kappa shape index (κ2) is 8.04. The van der Waals surface area contributed by atoms with Crippen molar-refractivity contribution >= 4 is 40.9 Å². The number of hydrogen-bond acceptors (Lipinski definition) is 4. The molecule has 1 amide bonds. The van der Waals surface area contributed by atoms with Crippen LogP contribution in [-0.4, -0.2) is 24.2 Å². The van der Waals surface area contributed by atoms with Crippen molar-refractivity contribution in [2.75, 3.05) is 12.4 Å². The number of nitrogens with one attached hydrogen (secondary N) is 1. The third-order valence-corrected chi connectivity index (χ3v) is 4.51. The van der Waals surface area contributed by atoms with Crippen molar-refractivity contribution in [1.29, 1.82) is 0 Å². The summed E-state index contributed by atoms with van der Waals surface area (Å²) in [6.07, 6.45) is 0. The van der Waals surface area contributed by atoms with Crippen molar-refractivity contribution in [3.63, 3.8) is 0 Å². The number of ether oxygens (including phenoxy) is 1. The average Bonchev–Trinajstić information content (AvgIpc) is 2.56. The van der Waals surface area contributed by atoms with Gasteiger partial charge in [0, 0.05) is 4.90 Å². The van der Waals surface area contributed by atoms with Gasteiger partial charge in [-0.2, -0.15) is 0 Å². The van der Waals surface area contributed by atoms with Crippen molar-refractivity contribution < 1.29 is 14.3 Å². The maximum absolute atomic E-state index is 12.3. The SMILES string of the molecule is COC(=O)c1ccc(Cl)c(NC(=O)C(C)Sc2ccccc2)c1. The highest BCUT2D eigenvalue weighted by Crippen LogP contribution is 2.27. The molecule has 0 aromatic heterocycles. The standard InChI is InChI=1S/C17H16ClNO3S/c1-11(23-13-6-4-3-5-7-13)16(20)19-15-10-12(17(21)22-2)8-9-14(15)18/h3-11H,1-2H3,(H,19,20). The number of benzene rings is 2. The third-order valence-electron chi connectivity index (χ3n) is 3.07. The lowest BCUT2D eigenvalue weighted by Gasteiger charge is -2.13. The summed E-state index contributed by atoms with van der Waals surface area (Å²) in [6, 6.07) is 14.3. The van der Waals surface area contributed by atoms with Crippen molar-refractivity contribution in [3.8, 4) is 0 Å². The molecular weight excluding hydrogens is 334 g/mol. The van der Waals surface area contributed by atoms with Gasteiger partial charge in [0.25, 0.3) is 0 Å². The summed E-state index contributed by atoms with van der Waals surface area (Å²) in [7, 11) is 1.30. The van der Waals surface area contributed by atoms with Crippen LogP contribution in [0.1, 0.15) is 17.3 Å². The Morgan fingerprint density at radius 2 is 1.87 bits per heavy atom. The van der Waals surface area contributed by atoms with E-state index in [1.807, 2.05) is 37.3 Å². The highest BCUT2D eigenvalue weighted by atomic mass is 35.5. The molecule has 0 aliphatic carbocycles. The molecule has 0 aliphatic heterocycles. The smallest absolute Gasteiger partial charge is 0.337 e. The maximum atomic E-state index is 12.3. The van der Waals surface area contributed by atoms with Gasteiger partial charge in [0.2, 0.25) is 5.91 Å². The number of methoxy groups -OCH3 is 1. The van der Waals surface area contributed by atoms with Crippen LogP contribution < -0.4 is 5.32 Å². The van der Waals surface area contributed by atoms with Crippen LogP contribution in [-0.2, 0) is 9.53 Å². The normalized spacial score (nSPS) is 11.6. The van der Waals surface area contributed by atoms with E-state index in [-0.39, 0.29) is 11.2 Å². The molecule has 0 fully saturated rings. The zero-order chi connectivity index (χ0) is 16.8. The molecule has 2 rings (SSSR count). The van der Waals surface area contributed by atoms with Gasteiger partial charge in [-0.25, -0.2) is 4.79 Å². The van der Waals surface area contributed by atoms with Crippen molar-refractivity contribution in [1.82, 2.24) is 0 Å². The Balaban J connectivity index is 2.08. The number of thioether (sulfide) groups is 1. The molecule has 0 heterocycles. The lowest BCUT2D eigenvalue weighted by molar-refractivity contribution is -0.115. The second-order valence-electron chi connectivity index (χ2n) is 4.75. The molecule has 0 radical (unpaired) electrons. The zero-order valence-electron chi connectivity index (χ0n) is 12.7. The third kappa shape index (κ3) is 4.74. The summed E-state index contributed by atoms with van der Waals surface area (Å²) in [5, 5.41) is 2.80. The Hall–Kier alpha value is -1.98. The van der Waals surface area contributed by atoms with E-state index >= 15 is 0 Å². The number of rotatable bonds is 5. The number of amides is 1. The lowest BCUT2D eigenvalue weighted by atomic mass is 10.2. The van der Waals surface area contributed by atoms with Crippen LogP contribution in [0, 0.1) is 0 Å². The first-order valence-corrected chi connectivity index (χ1v) is 8.17. The molecule has 0 saturated heterocycles. The van der Waals surface area contributed by atoms with Crippen LogP contribution in [0.5, 0.6) is 0 Å². The van der Waals surface area contributed by atoms with E-state index in [4.69, 9.17) is 11.6 Å². The summed E-state index contributed by atoms with van der Waals surface area (Å²) < 4.78 is 4.66. The maximum Gasteiger partial charge on any atom is 0.337 e. The molecule has 23 heavy (non-hydrogen) atoms. The Morgan fingerprint density at radius 3 is 2.52 bits per heavy atom. The van der Waals surface area contributed by atoms with Gasteiger partial charge in [-0.1, -0.05) is 29.8 Å². The Morgan fingerprint density at radius 1 is 1.17 bits per heavy atom. The minimum Gasteiger partial charge on any atom is -0.465 e. The molecule has 4 nitrogen and oxygen atoms in total. The largest absolute Gasteiger partial charge is 0.465 e. The van der Waals surface area contributed by atoms with Gasteiger partial charge in [-0.3, -0.25) is 4.79 Å². The predicted octanol–water partition coefficient (Wildman–Crippen LogP) is 4.25. The number of carbonyl (C=O) groups is 2. The van der Waals surface area contributed by atoms with Crippen LogP contribution in [0.25, 0.3) is 0 Å². The molecule has 0 bridgehead atoms. The van der Waals surface area contributed by atoms with E-state index < -0.39 is 5.97 Å². The summed E-state index contributed by atoms with van der Waals surface area (Å²) in [4.78, 5) is 24.9. The van der Waals surface area contributed by atoms with Gasteiger partial charge in [0.05, 0.1) is 28.6 Å². The van der Waals surface area contributed by atoms with Crippen LogP contribution >= 0.6 is 23.4 Å². The summed E-state index contributed by atoms with van der Waals surface area (Å²) in [5.74, 6) is -0.674. The fourth-order valence-electron chi connectivity index (χ4n) is 1.86. The van der Waals surface area contributed by atoms with Crippen LogP contribution in [0.15, 0.2) is 53.4 Å². The van der Waals surface area contributed by atoms with E-state index in [2.05, 4.69) is 10.1 Å². The van der Waals surface area contributed by atoms with E-state index in [9.17, 15) is 9.59 Å². The Labute approximate surface area is 144 Å². The molecule has 0 spiro atoms. The van der Waals surface area contributed by atoms with Gasteiger partial charge >= 0.3 is 5.97 Å². The molecule has 0 aliphatic rings. The molecule has 1 unspecified atom stereocenters. The molecular formula is C17H16ClNO3S. The Kier molecular flexibility index (Phi) is 6.07. The molecule has 2 aromatic carbocycles. The first kappa shape index (κ1) is 17.4.